The number of halogens is 1. The lowest BCUT2D eigenvalue weighted by Gasteiger charge is -2.10. The summed E-state index contributed by atoms with van der Waals surface area (Å²) in [6, 6.07) is 0. The van der Waals surface area contributed by atoms with Crippen LogP contribution in [0, 0.1) is 20.8 Å². The number of hydrogen-bond acceptors (Lipinski definition) is 4. The average molecular weight is 282 g/mol. The molecule has 0 atom stereocenters. The van der Waals surface area contributed by atoms with Gasteiger partial charge in [0.05, 0.1) is 28.2 Å². The van der Waals surface area contributed by atoms with Crippen molar-refractivity contribution < 1.29 is 0 Å². The van der Waals surface area contributed by atoms with E-state index < -0.39 is 0 Å². The first-order valence-corrected chi connectivity index (χ1v) is 6.06. The van der Waals surface area contributed by atoms with E-state index in [9.17, 15) is 0 Å². The van der Waals surface area contributed by atoms with Crippen LogP contribution in [0.5, 0.6) is 0 Å². The molecular formula is C11H12ClN5S. The summed E-state index contributed by atoms with van der Waals surface area (Å²) < 4.78 is 1.55. The van der Waals surface area contributed by atoms with Gasteiger partial charge in [-0.3, -0.25) is 0 Å². The third kappa shape index (κ3) is 2.09. The first-order chi connectivity index (χ1) is 8.41. The van der Waals surface area contributed by atoms with Gasteiger partial charge in [0.1, 0.15) is 4.99 Å². The van der Waals surface area contributed by atoms with E-state index in [-0.39, 0.29) is 4.99 Å². The van der Waals surface area contributed by atoms with E-state index in [2.05, 4.69) is 15.3 Å². The Morgan fingerprint density at radius 3 is 2.44 bits per heavy atom. The smallest absolute Gasteiger partial charge is 0.186 e. The molecule has 0 aliphatic heterocycles. The van der Waals surface area contributed by atoms with Crippen LogP contribution < -0.4 is 5.73 Å². The molecule has 0 unspecified atom stereocenters. The quantitative estimate of drug-likeness (QED) is 0.851. The molecule has 0 aliphatic carbocycles. The van der Waals surface area contributed by atoms with Crippen LogP contribution in [-0.2, 0) is 0 Å². The van der Waals surface area contributed by atoms with Crippen molar-refractivity contribution in [2.75, 3.05) is 0 Å². The topological polar surface area (TPSA) is 69.6 Å². The second-order valence-corrected chi connectivity index (χ2v) is 4.83. The second-order valence-electron chi connectivity index (χ2n) is 3.98. The highest BCUT2D eigenvalue weighted by molar-refractivity contribution is 7.80. The second kappa shape index (κ2) is 4.62. The van der Waals surface area contributed by atoms with Crippen molar-refractivity contribution in [2.24, 2.45) is 5.73 Å². The molecule has 0 saturated heterocycles. The van der Waals surface area contributed by atoms with Crippen LogP contribution in [0.25, 0.3) is 5.82 Å². The van der Waals surface area contributed by atoms with Crippen LogP contribution in [0.1, 0.15) is 22.5 Å². The summed E-state index contributed by atoms with van der Waals surface area (Å²) in [5, 5.41) is 13.0. The van der Waals surface area contributed by atoms with Crippen molar-refractivity contribution in [1.29, 1.82) is 0 Å². The Morgan fingerprint density at radius 1 is 1.28 bits per heavy atom. The normalized spacial score (nSPS) is 10.7. The van der Waals surface area contributed by atoms with Crippen molar-refractivity contribution in [3.63, 3.8) is 0 Å². The molecule has 18 heavy (non-hydrogen) atoms. The van der Waals surface area contributed by atoms with Gasteiger partial charge < -0.3 is 5.73 Å². The summed E-state index contributed by atoms with van der Waals surface area (Å²) in [6.07, 6.45) is 1.66. The summed E-state index contributed by atoms with van der Waals surface area (Å²) in [7, 11) is 0. The number of hydrogen-bond donors (Lipinski definition) is 1. The van der Waals surface area contributed by atoms with Crippen molar-refractivity contribution in [3.05, 3.63) is 33.7 Å². The van der Waals surface area contributed by atoms with E-state index in [4.69, 9.17) is 29.6 Å². The Hall–Kier alpha value is -1.53. The Labute approximate surface area is 115 Å². The van der Waals surface area contributed by atoms with Crippen LogP contribution in [0.2, 0.25) is 5.02 Å². The number of thiocarbonyl (C=S) groups is 1. The zero-order valence-corrected chi connectivity index (χ0v) is 11.8. The minimum Gasteiger partial charge on any atom is -0.389 e. The Balaban J connectivity index is 2.71. The molecule has 5 nitrogen and oxygen atoms in total. The van der Waals surface area contributed by atoms with E-state index >= 15 is 0 Å². The first kappa shape index (κ1) is 12.9. The molecule has 0 bridgehead atoms. The van der Waals surface area contributed by atoms with Gasteiger partial charge >= 0.3 is 0 Å². The molecule has 0 amide bonds. The Bertz CT molecular complexity index is 615. The molecule has 2 N–H and O–H groups in total. The predicted octanol–water partition coefficient (Wildman–Crippen LogP) is 1.88. The molecule has 0 aliphatic rings. The summed E-state index contributed by atoms with van der Waals surface area (Å²) >= 11 is 11.1. The largest absolute Gasteiger partial charge is 0.389 e. The van der Waals surface area contributed by atoms with Gasteiger partial charge in [-0.05, 0) is 26.3 Å². The molecule has 0 fully saturated rings. The maximum atomic E-state index is 5.99. The summed E-state index contributed by atoms with van der Waals surface area (Å²) in [6.45, 7) is 5.57. The number of nitrogens with two attached hydrogens (primary N) is 1. The maximum absolute atomic E-state index is 5.99. The third-order valence-corrected chi connectivity index (χ3v) is 3.31. The lowest BCUT2D eigenvalue weighted by molar-refractivity contribution is 0.789. The first-order valence-electron chi connectivity index (χ1n) is 5.27. The number of aromatic nitrogens is 4. The molecule has 0 aromatic carbocycles. The zero-order valence-electron chi connectivity index (χ0n) is 10.2. The SMILES string of the molecule is Cc1nn(-c2nnc(C)c(C)c2C(N)=S)cc1Cl. The van der Waals surface area contributed by atoms with Crippen molar-refractivity contribution in [3.8, 4) is 5.82 Å². The van der Waals surface area contributed by atoms with Crippen LogP contribution in [0.4, 0.5) is 0 Å². The van der Waals surface area contributed by atoms with Gasteiger partial charge in [0, 0.05) is 0 Å². The molecule has 94 valence electrons. The lowest BCUT2D eigenvalue weighted by atomic mass is 10.1. The summed E-state index contributed by atoms with van der Waals surface area (Å²) in [4.78, 5) is 0.268. The lowest BCUT2D eigenvalue weighted by Crippen LogP contribution is -2.18. The van der Waals surface area contributed by atoms with E-state index in [1.165, 1.54) is 0 Å². The summed E-state index contributed by atoms with van der Waals surface area (Å²) in [5.41, 5.74) is 8.84. The van der Waals surface area contributed by atoms with Crippen molar-refractivity contribution in [1.82, 2.24) is 20.0 Å². The highest BCUT2D eigenvalue weighted by Gasteiger charge is 2.16. The number of aryl methyl sites for hydroxylation is 2. The minimum absolute atomic E-state index is 0.268. The number of rotatable bonds is 2. The van der Waals surface area contributed by atoms with Gasteiger partial charge in [-0.15, -0.1) is 5.10 Å². The molecule has 2 rings (SSSR count). The van der Waals surface area contributed by atoms with Gasteiger partial charge in [0.2, 0.25) is 0 Å². The number of nitrogens with zero attached hydrogens (tertiary/aromatic N) is 4. The van der Waals surface area contributed by atoms with Crippen LogP contribution in [0.3, 0.4) is 0 Å². The van der Waals surface area contributed by atoms with Crippen LogP contribution >= 0.6 is 23.8 Å². The zero-order chi connectivity index (χ0) is 13.4. The molecular weight excluding hydrogens is 270 g/mol. The maximum Gasteiger partial charge on any atom is 0.186 e. The standard InChI is InChI=1S/C11H12ClN5S/c1-5-6(2)14-15-11(9(5)10(13)18)17-4-8(12)7(3)16-17/h4H,1-3H3,(H2,13,18). The highest BCUT2D eigenvalue weighted by Crippen LogP contribution is 2.20. The average Bonchev–Trinajstić information content (AvgIpc) is 2.62. The van der Waals surface area contributed by atoms with Crippen molar-refractivity contribution >= 4 is 28.8 Å². The van der Waals surface area contributed by atoms with E-state index in [0.717, 1.165) is 11.3 Å². The van der Waals surface area contributed by atoms with Gasteiger partial charge in [-0.1, -0.05) is 23.8 Å². The van der Waals surface area contributed by atoms with E-state index in [1.54, 1.807) is 10.9 Å². The highest BCUT2D eigenvalue weighted by atomic mass is 35.5. The fraction of sp³-hybridized carbons (Fsp3) is 0.273. The Kier molecular flexibility index (Phi) is 3.32. The predicted molar refractivity (Wildman–Crippen MR) is 74.3 cm³/mol. The van der Waals surface area contributed by atoms with Crippen LogP contribution in [-0.4, -0.2) is 25.0 Å². The molecule has 2 heterocycles. The summed E-state index contributed by atoms with van der Waals surface area (Å²) in [5.74, 6) is 0.501. The minimum atomic E-state index is 0.268. The molecule has 7 heteroatoms. The van der Waals surface area contributed by atoms with Crippen molar-refractivity contribution in [2.45, 2.75) is 20.8 Å². The third-order valence-electron chi connectivity index (χ3n) is 2.74. The van der Waals surface area contributed by atoms with Gasteiger partial charge in [-0.25, -0.2) is 4.68 Å². The van der Waals surface area contributed by atoms with Gasteiger partial charge in [0.15, 0.2) is 5.82 Å². The monoisotopic (exact) mass is 281 g/mol. The molecule has 0 saturated carbocycles. The fourth-order valence-electron chi connectivity index (χ4n) is 1.60. The Morgan fingerprint density at radius 2 is 1.94 bits per heavy atom. The fourth-order valence-corrected chi connectivity index (χ4v) is 1.97. The van der Waals surface area contributed by atoms with Gasteiger partial charge in [-0.2, -0.15) is 10.2 Å². The molecule has 0 spiro atoms. The van der Waals surface area contributed by atoms with E-state index in [1.807, 2.05) is 20.8 Å². The molecule has 2 aromatic rings. The van der Waals surface area contributed by atoms with E-state index in [0.29, 0.717) is 22.1 Å². The van der Waals surface area contributed by atoms with Gasteiger partial charge in [0.25, 0.3) is 0 Å². The van der Waals surface area contributed by atoms with Crippen LogP contribution in [0.15, 0.2) is 6.20 Å². The molecule has 2 aromatic heterocycles. The molecule has 0 radical (unpaired) electrons.